The summed E-state index contributed by atoms with van der Waals surface area (Å²) in [6.07, 6.45) is 1.05. The number of alkyl halides is 1. The quantitative estimate of drug-likeness (QED) is 0.588. The molecule has 0 fully saturated rings. The minimum absolute atomic E-state index is 0.0156. The molecule has 0 saturated carbocycles. The van der Waals surface area contributed by atoms with Gasteiger partial charge in [-0.2, -0.15) is 0 Å². The van der Waals surface area contributed by atoms with E-state index in [2.05, 4.69) is 0 Å². The van der Waals surface area contributed by atoms with Crippen LogP contribution in [0.4, 0.5) is 4.39 Å². The molecule has 88 valence electrons. The minimum Gasteiger partial charge on any atom is -0.294 e. The van der Waals surface area contributed by atoms with Gasteiger partial charge in [0.1, 0.15) is 5.82 Å². The first-order chi connectivity index (χ1) is 8.24. The maximum atomic E-state index is 13.5. The molecule has 2 aromatic carbocycles. The van der Waals surface area contributed by atoms with E-state index in [1.54, 1.807) is 30.3 Å². The largest absolute Gasteiger partial charge is 0.294 e. The fourth-order valence-corrected chi connectivity index (χ4v) is 2.00. The van der Waals surface area contributed by atoms with Crippen LogP contribution in [0.15, 0.2) is 36.4 Å². The molecule has 0 amide bonds. The molecule has 0 aliphatic heterocycles. The zero-order valence-corrected chi connectivity index (χ0v) is 10.0. The lowest BCUT2D eigenvalue weighted by molar-refractivity contribution is 0.0983. The van der Waals surface area contributed by atoms with Crippen molar-refractivity contribution in [3.63, 3.8) is 0 Å². The standard InChI is InChI=1S/C14H12ClFO/c15-9-3-6-14(17)12-7-8-13(16)11-5-2-1-4-10(11)12/h1-2,4-5,7-8H,3,6,9H2. The lowest BCUT2D eigenvalue weighted by Gasteiger charge is -2.06. The zero-order chi connectivity index (χ0) is 12.3. The third-order valence-corrected chi connectivity index (χ3v) is 2.98. The molecule has 2 aromatic rings. The van der Waals surface area contributed by atoms with Crippen LogP contribution in [0.2, 0.25) is 0 Å². The summed E-state index contributed by atoms with van der Waals surface area (Å²) in [6.45, 7) is 0. The summed E-state index contributed by atoms with van der Waals surface area (Å²) in [4.78, 5) is 11.9. The normalized spacial score (nSPS) is 10.7. The molecule has 0 heterocycles. The highest BCUT2D eigenvalue weighted by atomic mass is 35.5. The number of rotatable bonds is 4. The van der Waals surface area contributed by atoms with Crippen LogP contribution in [0.1, 0.15) is 23.2 Å². The second-order valence-corrected chi connectivity index (χ2v) is 4.23. The average Bonchev–Trinajstić information content (AvgIpc) is 2.37. The van der Waals surface area contributed by atoms with Crippen LogP contribution in [0.5, 0.6) is 0 Å². The molecular weight excluding hydrogens is 239 g/mol. The molecule has 2 rings (SSSR count). The van der Waals surface area contributed by atoms with Gasteiger partial charge in [-0.15, -0.1) is 11.6 Å². The van der Waals surface area contributed by atoms with E-state index < -0.39 is 0 Å². The number of carbonyl (C=O) groups is 1. The van der Waals surface area contributed by atoms with Gasteiger partial charge >= 0.3 is 0 Å². The molecule has 0 radical (unpaired) electrons. The predicted octanol–water partition coefficient (Wildman–Crippen LogP) is 4.18. The van der Waals surface area contributed by atoms with E-state index in [1.807, 2.05) is 0 Å². The Bertz CT molecular complexity index is 551. The molecule has 0 spiro atoms. The molecule has 0 unspecified atom stereocenters. The molecule has 1 nitrogen and oxygen atoms in total. The molecule has 0 aliphatic rings. The Morgan fingerprint density at radius 2 is 1.82 bits per heavy atom. The first kappa shape index (κ1) is 12.1. The summed E-state index contributed by atoms with van der Waals surface area (Å²) in [5, 5.41) is 1.16. The molecule has 0 bridgehead atoms. The summed E-state index contributed by atoms with van der Waals surface area (Å²) in [6, 6.07) is 9.92. The molecular formula is C14H12ClFO. The fourth-order valence-electron chi connectivity index (χ4n) is 1.87. The molecule has 0 saturated heterocycles. The van der Waals surface area contributed by atoms with Crippen molar-refractivity contribution in [3.05, 3.63) is 47.8 Å². The Balaban J connectivity index is 2.48. The fraction of sp³-hybridized carbons (Fsp3) is 0.214. The van der Waals surface area contributed by atoms with Gasteiger partial charge in [0.25, 0.3) is 0 Å². The summed E-state index contributed by atoms with van der Waals surface area (Å²) in [5.41, 5.74) is 0.576. The Morgan fingerprint density at radius 1 is 1.12 bits per heavy atom. The highest BCUT2D eigenvalue weighted by Crippen LogP contribution is 2.23. The lowest BCUT2D eigenvalue weighted by atomic mass is 9.99. The van der Waals surface area contributed by atoms with E-state index in [0.29, 0.717) is 35.1 Å². The van der Waals surface area contributed by atoms with Gasteiger partial charge < -0.3 is 0 Å². The van der Waals surface area contributed by atoms with Gasteiger partial charge in [-0.05, 0) is 23.9 Å². The number of hydrogen-bond donors (Lipinski definition) is 0. The van der Waals surface area contributed by atoms with Gasteiger partial charge in [0, 0.05) is 23.3 Å². The molecule has 0 aromatic heterocycles. The van der Waals surface area contributed by atoms with Crippen molar-refractivity contribution in [2.75, 3.05) is 5.88 Å². The Labute approximate surface area is 104 Å². The van der Waals surface area contributed by atoms with E-state index in [1.165, 1.54) is 6.07 Å². The monoisotopic (exact) mass is 250 g/mol. The molecule has 0 N–H and O–H groups in total. The Hall–Kier alpha value is -1.41. The van der Waals surface area contributed by atoms with Gasteiger partial charge in [-0.1, -0.05) is 24.3 Å². The maximum absolute atomic E-state index is 13.5. The van der Waals surface area contributed by atoms with Crippen LogP contribution >= 0.6 is 11.6 Å². The van der Waals surface area contributed by atoms with Crippen LogP contribution in [0.25, 0.3) is 10.8 Å². The van der Waals surface area contributed by atoms with E-state index >= 15 is 0 Å². The topological polar surface area (TPSA) is 17.1 Å². The van der Waals surface area contributed by atoms with Gasteiger partial charge in [0.15, 0.2) is 5.78 Å². The van der Waals surface area contributed by atoms with E-state index in [9.17, 15) is 9.18 Å². The number of benzene rings is 2. The highest BCUT2D eigenvalue weighted by Gasteiger charge is 2.11. The van der Waals surface area contributed by atoms with Crippen LogP contribution in [0.3, 0.4) is 0 Å². The minimum atomic E-state index is -0.297. The van der Waals surface area contributed by atoms with Crippen molar-refractivity contribution in [1.29, 1.82) is 0 Å². The SMILES string of the molecule is O=C(CCCCl)c1ccc(F)c2ccccc12. The Kier molecular flexibility index (Phi) is 3.75. The molecule has 0 atom stereocenters. The number of hydrogen-bond acceptors (Lipinski definition) is 1. The number of carbonyl (C=O) groups excluding carboxylic acids is 1. The second-order valence-electron chi connectivity index (χ2n) is 3.86. The second kappa shape index (κ2) is 5.28. The molecule has 0 aliphatic carbocycles. The summed E-state index contributed by atoms with van der Waals surface area (Å²) in [7, 11) is 0. The van der Waals surface area contributed by atoms with Crippen molar-refractivity contribution < 1.29 is 9.18 Å². The molecule has 17 heavy (non-hydrogen) atoms. The number of halogens is 2. The van der Waals surface area contributed by atoms with Crippen molar-refractivity contribution in [3.8, 4) is 0 Å². The van der Waals surface area contributed by atoms with E-state index in [0.717, 1.165) is 0 Å². The van der Waals surface area contributed by atoms with E-state index in [-0.39, 0.29) is 11.6 Å². The third-order valence-electron chi connectivity index (χ3n) is 2.71. The number of fused-ring (bicyclic) bond motifs is 1. The number of ketones is 1. The lowest BCUT2D eigenvalue weighted by Crippen LogP contribution is -2.01. The zero-order valence-electron chi connectivity index (χ0n) is 9.25. The number of Topliss-reactive ketones (excluding diaryl/α,β-unsaturated/α-hetero) is 1. The van der Waals surface area contributed by atoms with Crippen molar-refractivity contribution >= 4 is 28.2 Å². The maximum Gasteiger partial charge on any atom is 0.163 e. The third kappa shape index (κ3) is 2.47. The first-order valence-corrected chi connectivity index (χ1v) is 6.04. The van der Waals surface area contributed by atoms with Crippen LogP contribution in [0, 0.1) is 5.82 Å². The van der Waals surface area contributed by atoms with Crippen LogP contribution < -0.4 is 0 Å². The predicted molar refractivity (Wildman–Crippen MR) is 68.2 cm³/mol. The highest BCUT2D eigenvalue weighted by molar-refractivity contribution is 6.18. The average molecular weight is 251 g/mol. The summed E-state index contributed by atoms with van der Waals surface area (Å²) < 4.78 is 13.5. The van der Waals surface area contributed by atoms with Crippen LogP contribution in [-0.4, -0.2) is 11.7 Å². The molecule has 3 heteroatoms. The smallest absolute Gasteiger partial charge is 0.163 e. The van der Waals surface area contributed by atoms with Crippen molar-refractivity contribution in [1.82, 2.24) is 0 Å². The van der Waals surface area contributed by atoms with Crippen molar-refractivity contribution in [2.45, 2.75) is 12.8 Å². The van der Waals surface area contributed by atoms with Crippen molar-refractivity contribution in [2.24, 2.45) is 0 Å². The summed E-state index contributed by atoms with van der Waals surface area (Å²) in [5.74, 6) is 0.182. The van der Waals surface area contributed by atoms with Gasteiger partial charge in [0.2, 0.25) is 0 Å². The van der Waals surface area contributed by atoms with Gasteiger partial charge in [-0.25, -0.2) is 4.39 Å². The summed E-state index contributed by atoms with van der Waals surface area (Å²) >= 11 is 5.56. The van der Waals surface area contributed by atoms with Gasteiger partial charge in [0.05, 0.1) is 0 Å². The van der Waals surface area contributed by atoms with Gasteiger partial charge in [-0.3, -0.25) is 4.79 Å². The first-order valence-electron chi connectivity index (χ1n) is 5.50. The Morgan fingerprint density at radius 3 is 2.53 bits per heavy atom. The van der Waals surface area contributed by atoms with Crippen LogP contribution in [-0.2, 0) is 0 Å². The van der Waals surface area contributed by atoms with E-state index in [4.69, 9.17) is 11.6 Å².